The van der Waals surface area contributed by atoms with Crippen molar-refractivity contribution in [3.05, 3.63) is 59.2 Å². The molecule has 1 aromatic carbocycles. The first-order valence-corrected chi connectivity index (χ1v) is 8.14. The average Bonchev–Trinajstić information content (AvgIpc) is 2.51. The molecule has 0 spiro atoms. The lowest BCUT2D eigenvalue weighted by atomic mass is 9.96. The molecular weight excluding hydrogens is 296 g/mol. The highest BCUT2D eigenvalue weighted by Crippen LogP contribution is 2.23. The molecule has 0 N–H and O–H groups in total. The van der Waals surface area contributed by atoms with Gasteiger partial charge in [-0.1, -0.05) is 54.9 Å². The largest absolute Gasteiger partial charge is 0.474 e. The first-order chi connectivity index (χ1) is 10.7. The zero-order valence-corrected chi connectivity index (χ0v) is 13.5. The van der Waals surface area contributed by atoms with E-state index in [2.05, 4.69) is 47.1 Å². The van der Waals surface area contributed by atoms with Crippen LogP contribution in [0, 0.1) is 5.92 Å². The van der Waals surface area contributed by atoms with Crippen LogP contribution in [-0.2, 0) is 6.54 Å². The molecule has 0 aliphatic carbocycles. The summed E-state index contributed by atoms with van der Waals surface area (Å²) in [6, 6.07) is 16.1. The van der Waals surface area contributed by atoms with Crippen LogP contribution in [0.2, 0.25) is 5.15 Å². The van der Waals surface area contributed by atoms with E-state index in [0.29, 0.717) is 17.0 Å². The van der Waals surface area contributed by atoms with Crippen molar-refractivity contribution in [1.82, 2.24) is 9.88 Å². The maximum Gasteiger partial charge on any atom is 0.214 e. The number of halogens is 1. The van der Waals surface area contributed by atoms with Gasteiger partial charge in [0.15, 0.2) is 0 Å². The Bertz CT molecular complexity index is 605. The number of benzene rings is 1. The van der Waals surface area contributed by atoms with Crippen LogP contribution >= 0.6 is 11.6 Å². The molecule has 116 valence electrons. The van der Waals surface area contributed by atoms with Crippen molar-refractivity contribution in [2.24, 2.45) is 5.92 Å². The second-order valence-electron chi connectivity index (χ2n) is 5.94. The van der Waals surface area contributed by atoms with Gasteiger partial charge >= 0.3 is 0 Å². The summed E-state index contributed by atoms with van der Waals surface area (Å²) in [6.07, 6.45) is 1.22. The number of hydrogen-bond donors (Lipinski definition) is 0. The van der Waals surface area contributed by atoms with Crippen LogP contribution in [-0.4, -0.2) is 29.1 Å². The van der Waals surface area contributed by atoms with Gasteiger partial charge in [0.2, 0.25) is 5.88 Å². The molecule has 2 aromatic rings. The number of hydrogen-bond acceptors (Lipinski definition) is 3. The minimum absolute atomic E-state index is 0.206. The average molecular weight is 317 g/mol. The molecule has 2 heterocycles. The number of ether oxygens (including phenoxy) is 1. The van der Waals surface area contributed by atoms with E-state index in [9.17, 15) is 0 Å². The molecule has 3 rings (SSSR count). The molecule has 1 aliphatic heterocycles. The van der Waals surface area contributed by atoms with Crippen molar-refractivity contribution < 1.29 is 4.74 Å². The highest BCUT2D eigenvalue weighted by atomic mass is 35.5. The van der Waals surface area contributed by atoms with E-state index in [4.69, 9.17) is 16.3 Å². The summed E-state index contributed by atoms with van der Waals surface area (Å²) < 4.78 is 6.02. The fourth-order valence-corrected chi connectivity index (χ4v) is 3.14. The van der Waals surface area contributed by atoms with Crippen LogP contribution in [0.3, 0.4) is 0 Å². The first kappa shape index (κ1) is 15.3. The van der Waals surface area contributed by atoms with Crippen molar-refractivity contribution in [2.45, 2.75) is 26.0 Å². The Morgan fingerprint density at radius 2 is 2.00 bits per heavy atom. The molecule has 3 nitrogen and oxygen atoms in total. The van der Waals surface area contributed by atoms with Gasteiger partial charge in [0.05, 0.1) is 0 Å². The normalized spacial score (nSPS) is 22.5. The molecule has 2 atom stereocenters. The topological polar surface area (TPSA) is 25.4 Å². The maximum atomic E-state index is 6.02. The van der Waals surface area contributed by atoms with E-state index in [-0.39, 0.29) is 6.10 Å². The Hall–Kier alpha value is -1.58. The minimum atomic E-state index is 0.206. The summed E-state index contributed by atoms with van der Waals surface area (Å²) in [5.41, 5.74) is 1.37. The minimum Gasteiger partial charge on any atom is -0.474 e. The number of likely N-dealkylation sites (tertiary alicyclic amines) is 1. The molecule has 0 radical (unpaired) electrons. The summed E-state index contributed by atoms with van der Waals surface area (Å²) in [5, 5.41) is 0.478. The zero-order chi connectivity index (χ0) is 15.4. The Balaban J connectivity index is 1.56. The Morgan fingerprint density at radius 3 is 2.73 bits per heavy atom. The van der Waals surface area contributed by atoms with Crippen LogP contribution in [0.15, 0.2) is 48.5 Å². The number of aromatic nitrogens is 1. The lowest BCUT2D eigenvalue weighted by Gasteiger charge is -2.36. The van der Waals surface area contributed by atoms with Crippen molar-refractivity contribution in [2.75, 3.05) is 13.1 Å². The van der Waals surface area contributed by atoms with Gasteiger partial charge in [0.25, 0.3) is 0 Å². The van der Waals surface area contributed by atoms with Gasteiger partial charge in [-0.15, -0.1) is 0 Å². The molecule has 1 saturated heterocycles. The van der Waals surface area contributed by atoms with Crippen LogP contribution in [0.4, 0.5) is 0 Å². The molecular formula is C18H21ClN2O. The van der Waals surface area contributed by atoms with Gasteiger partial charge in [-0.05, 0) is 18.1 Å². The Morgan fingerprint density at radius 1 is 1.18 bits per heavy atom. The van der Waals surface area contributed by atoms with Gasteiger partial charge in [-0.3, -0.25) is 4.90 Å². The standard InChI is InChI=1S/C18H21ClN2O/c1-14-12-21(13-15-6-3-2-4-7-15)11-10-16(14)22-18-9-5-8-17(19)20-18/h2-9,14,16H,10-13H2,1H3/t14-,16?/m1/s1. The second kappa shape index (κ2) is 7.12. The van der Waals surface area contributed by atoms with Gasteiger partial charge < -0.3 is 4.74 Å². The third-order valence-electron chi connectivity index (χ3n) is 4.12. The predicted molar refractivity (Wildman–Crippen MR) is 89.2 cm³/mol. The highest BCUT2D eigenvalue weighted by Gasteiger charge is 2.27. The Kier molecular flexibility index (Phi) is 4.96. The Labute approximate surface area is 136 Å². The van der Waals surface area contributed by atoms with Crippen molar-refractivity contribution in [1.29, 1.82) is 0 Å². The van der Waals surface area contributed by atoms with Crippen molar-refractivity contribution in [3.63, 3.8) is 0 Å². The van der Waals surface area contributed by atoms with Crippen molar-refractivity contribution in [3.8, 4) is 5.88 Å². The van der Waals surface area contributed by atoms with E-state index in [1.807, 2.05) is 12.1 Å². The summed E-state index contributed by atoms with van der Waals surface area (Å²) in [7, 11) is 0. The fraction of sp³-hybridized carbons (Fsp3) is 0.389. The molecule has 22 heavy (non-hydrogen) atoms. The summed E-state index contributed by atoms with van der Waals surface area (Å²) in [6.45, 7) is 5.34. The zero-order valence-electron chi connectivity index (χ0n) is 12.8. The van der Waals surface area contributed by atoms with Crippen molar-refractivity contribution >= 4 is 11.6 Å². The fourth-order valence-electron chi connectivity index (χ4n) is 2.98. The van der Waals surface area contributed by atoms with Gasteiger partial charge in [-0.2, -0.15) is 0 Å². The van der Waals surface area contributed by atoms with E-state index in [1.54, 1.807) is 6.07 Å². The number of nitrogens with zero attached hydrogens (tertiary/aromatic N) is 2. The summed E-state index contributed by atoms with van der Waals surface area (Å²) in [4.78, 5) is 6.71. The van der Waals surface area contributed by atoms with Crippen LogP contribution < -0.4 is 4.74 Å². The molecule has 1 aromatic heterocycles. The SMILES string of the molecule is C[C@@H]1CN(Cc2ccccc2)CCC1Oc1cccc(Cl)n1. The second-order valence-corrected chi connectivity index (χ2v) is 6.33. The number of piperidine rings is 1. The van der Waals surface area contributed by atoms with E-state index < -0.39 is 0 Å². The molecule has 1 fully saturated rings. The number of pyridine rings is 1. The van der Waals surface area contributed by atoms with Gasteiger partial charge in [0, 0.05) is 31.6 Å². The summed E-state index contributed by atoms with van der Waals surface area (Å²) >= 11 is 5.91. The quantitative estimate of drug-likeness (QED) is 0.796. The predicted octanol–water partition coefficient (Wildman–Crippen LogP) is 4.02. The van der Waals surface area contributed by atoms with E-state index in [0.717, 1.165) is 26.1 Å². The van der Waals surface area contributed by atoms with E-state index in [1.165, 1.54) is 5.56 Å². The lowest BCUT2D eigenvalue weighted by molar-refractivity contribution is 0.0461. The van der Waals surface area contributed by atoms with Crippen LogP contribution in [0.1, 0.15) is 18.9 Å². The van der Waals surface area contributed by atoms with Crippen LogP contribution in [0.25, 0.3) is 0 Å². The van der Waals surface area contributed by atoms with Crippen LogP contribution in [0.5, 0.6) is 5.88 Å². The third-order valence-corrected chi connectivity index (χ3v) is 4.33. The maximum absolute atomic E-state index is 6.02. The monoisotopic (exact) mass is 316 g/mol. The molecule has 0 bridgehead atoms. The first-order valence-electron chi connectivity index (χ1n) is 7.76. The smallest absolute Gasteiger partial charge is 0.214 e. The molecule has 0 amide bonds. The summed E-state index contributed by atoms with van der Waals surface area (Å²) in [5.74, 6) is 1.10. The molecule has 1 unspecified atom stereocenters. The molecule has 4 heteroatoms. The molecule has 1 aliphatic rings. The highest BCUT2D eigenvalue weighted by molar-refractivity contribution is 6.29. The molecule has 0 saturated carbocycles. The number of rotatable bonds is 4. The third kappa shape index (κ3) is 3.99. The van der Waals surface area contributed by atoms with E-state index >= 15 is 0 Å². The van der Waals surface area contributed by atoms with Gasteiger partial charge in [-0.25, -0.2) is 4.98 Å². The van der Waals surface area contributed by atoms with Gasteiger partial charge in [0.1, 0.15) is 11.3 Å². The lowest BCUT2D eigenvalue weighted by Crippen LogP contribution is -2.44.